The predicted molar refractivity (Wildman–Crippen MR) is 128 cm³/mol. The van der Waals surface area contributed by atoms with Gasteiger partial charge in [-0.2, -0.15) is 0 Å². The molecule has 1 aliphatic rings. The first-order valence-corrected chi connectivity index (χ1v) is 11.6. The monoisotopic (exact) mass is 491 g/mol. The van der Waals surface area contributed by atoms with Crippen LogP contribution in [0.15, 0.2) is 42.5 Å². The Balaban J connectivity index is 1.84. The number of rotatable bonds is 8. The Morgan fingerprint density at radius 2 is 1.79 bits per heavy atom. The van der Waals surface area contributed by atoms with Crippen LogP contribution in [0.25, 0.3) is 11.1 Å². The van der Waals surface area contributed by atoms with Gasteiger partial charge in [0.1, 0.15) is 11.4 Å². The smallest absolute Gasteiger partial charge is 0.408 e. The van der Waals surface area contributed by atoms with E-state index in [4.69, 9.17) is 21.1 Å². The lowest BCUT2D eigenvalue weighted by molar-refractivity contribution is -0.168. The van der Waals surface area contributed by atoms with Crippen molar-refractivity contribution in [1.29, 1.82) is 0 Å². The third-order valence-electron chi connectivity index (χ3n) is 5.89. The largest absolute Gasteiger partial charge is 0.481 e. The fraction of sp³-hybridized carbons (Fsp3) is 0.462. The molecule has 34 heavy (non-hydrogen) atoms. The second-order valence-corrected chi connectivity index (χ2v) is 10.4. The van der Waals surface area contributed by atoms with Crippen LogP contribution in [0.3, 0.4) is 0 Å². The zero-order valence-electron chi connectivity index (χ0n) is 19.9. The Labute approximate surface area is 204 Å². The van der Waals surface area contributed by atoms with Crippen LogP contribution >= 0.6 is 11.6 Å². The minimum atomic E-state index is -1.07. The number of carbonyl (C=O) groups excluding carboxylic acids is 1. The quantitative estimate of drug-likeness (QED) is 0.483. The van der Waals surface area contributed by atoms with Gasteiger partial charge in [0.25, 0.3) is 0 Å². The normalized spacial score (nSPS) is 22.1. The van der Waals surface area contributed by atoms with Gasteiger partial charge in [0.05, 0.1) is 12.0 Å². The van der Waals surface area contributed by atoms with Gasteiger partial charge in [-0.25, -0.2) is 9.18 Å². The molecule has 0 aromatic heterocycles. The molecule has 0 atom stereocenters. The van der Waals surface area contributed by atoms with Crippen LogP contribution in [-0.4, -0.2) is 41.5 Å². The van der Waals surface area contributed by atoms with Crippen molar-refractivity contribution in [3.8, 4) is 11.1 Å². The van der Waals surface area contributed by atoms with Gasteiger partial charge in [-0.05, 0) is 76.3 Å². The lowest BCUT2D eigenvalue weighted by Gasteiger charge is -2.54. The highest BCUT2D eigenvalue weighted by molar-refractivity contribution is 6.30. The van der Waals surface area contributed by atoms with E-state index in [-0.39, 0.29) is 25.3 Å². The van der Waals surface area contributed by atoms with E-state index in [1.807, 2.05) is 19.1 Å². The Kier molecular flexibility index (Phi) is 7.58. The molecule has 0 aliphatic heterocycles. The summed E-state index contributed by atoms with van der Waals surface area (Å²) in [7, 11) is 0. The molecule has 184 valence electrons. The number of carboxylic acids is 1. The van der Waals surface area contributed by atoms with Crippen LogP contribution in [0.4, 0.5) is 9.18 Å². The highest BCUT2D eigenvalue weighted by Gasteiger charge is 2.60. The highest BCUT2D eigenvalue weighted by Crippen LogP contribution is 2.51. The first kappa shape index (κ1) is 26.0. The summed E-state index contributed by atoms with van der Waals surface area (Å²) in [6.45, 7) is 7.59. The summed E-state index contributed by atoms with van der Waals surface area (Å²) < 4.78 is 25.1. The van der Waals surface area contributed by atoms with E-state index in [1.165, 1.54) is 12.1 Å². The number of hydrogen-bond acceptors (Lipinski definition) is 4. The maximum Gasteiger partial charge on any atom is 0.408 e. The van der Waals surface area contributed by atoms with Crippen LogP contribution in [0.2, 0.25) is 5.02 Å². The number of aliphatic carboxylic acids is 1. The predicted octanol–water partition coefficient (Wildman–Crippen LogP) is 5.85. The number of alkyl carbamates (subject to hydrolysis) is 1. The van der Waals surface area contributed by atoms with Crippen LogP contribution in [-0.2, 0) is 20.7 Å². The second kappa shape index (κ2) is 9.92. The van der Waals surface area contributed by atoms with E-state index in [1.54, 1.807) is 39.0 Å². The van der Waals surface area contributed by atoms with E-state index >= 15 is 0 Å². The number of halogens is 2. The van der Waals surface area contributed by atoms with Crippen molar-refractivity contribution in [3.63, 3.8) is 0 Å². The molecule has 1 saturated carbocycles. The molecule has 6 nitrogen and oxygen atoms in total. The number of hydrogen-bond donors (Lipinski definition) is 2. The van der Waals surface area contributed by atoms with Gasteiger partial charge in [-0.15, -0.1) is 0 Å². The molecule has 0 heterocycles. The molecule has 0 unspecified atom stereocenters. The van der Waals surface area contributed by atoms with Gasteiger partial charge >= 0.3 is 12.1 Å². The van der Waals surface area contributed by atoms with Crippen molar-refractivity contribution in [2.75, 3.05) is 13.2 Å². The standard InChI is InChI=1S/C26H31ClFNO5/c1-5-33-16-25(22(30)31)14-26(15-25,29-23(32)34-24(2,3)4)13-17-6-8-18(9-7-17)20-12-19(27)10-11-21(20)28/h6-12H,5,13-16H2,1-4H3,(H,29,32)(H,30,31). The molecule has 2 aromatic rings. The van der Waals surface area contributed by atoms with Crippen molar-refractivity contribution in [2.45, 2.75) is 58.1 Å². The Hall–Kier alpha value is -2.64. The zero-order valence-corrected chi connectivity index (χ0v) is 20.7. The maximum absolute atomic E-state index is 14.2. The third-order valence-corrected chi connectivity index (χ3v) is 6.13. The average molecular weight is 492 g/mol. The first-order valence-electron chi connectivity index (χ1n) is 11.2. The summed E-state index contributed by atoms with van der Waals surface area (Å²) in [5.74, 6) is -1.32. The molecule has 2 aromatic carbocycles. The molecular weight excluding hydrogens is 461 g/mol. The van der Waals surface area contributed by atoms with E-state index < -0.39 is 28.6 Å². The zero-order chi connectivity index (χ0) is 25.1. The van der Waals surface area contributed by atoms with Crippen LogP contribution in [0.5, 0.6) is 0 Å². The number of nitrogens with one attached hydrogen (secondary N) is 1. The van der Waals surface area contributed by atoms with Crippen molar-refractivity contribution in [3.05, 3.63) is 58.9 Å². The number of amides is 1. The highest BCUT2D eigenvalue weighted by atomic mass is 35.5. The van der Waals surface area contributed by atoms with Gasteiger partial charge in [0.15, 0.2) is 0 Å². The van der Waals surface area contributed by atoms with Crippen LogP contribution < -0.4 is 5.32 Å². The minimum Gasteiger partial charge on any atom is -0.481 e. The van der Waals surface area contributed by atoms with E-state index in [0.717, 1.165) is 5.56 Å². The third kappa shape index (κ3) is 6.07. The molecule has 0 radical (unpaired) electrons. The number of carboxylic acid groups (broad SMARTS) is 1. The first-order chi connectivity index (χ1) is 15.9. The van der Waals surface area contributed by atoms with Gasteiger partial charge < -0.3 is 19.9 Å². The van der Waals surface area contributed by atoms with Crippen LogP contribution in [0, 0.1) is 11.2 Å². The Bertz CT molecular complexity index is 1040. The topological polar surface area (TPSA) is 84.9 Å². The molecule has 1 fully saturated rings. The van der Waals surface area contributed by atoms with E-state index in [9.17, 15) is 19.1 Å². The summed E-state index contributed by atoms with van der Waals surface area (Å²) in [4.78, 5) is 24.6. The average Bonchev–Trinajstić information content (AvgIpc) is 2.71. The SMILES string of the molecule is CCOCC1(C(=O)O)CC(Cc2ccc(-c3cc(Cl)ccc3F)cc2)(NC(=O)OC(C)(C)C)C1. The van der Waals surface area contributed by atoms with Crippen molar-refractivity contribution in [2.24, 2.45) is 5.41 Å². The lowest BCUT2D eigenvalue weighted by Crippen LogP contribution is -2.67. The summed E-state index contributed by atoms with van der Waals surface area (Å²) in [6.07, 6.45) is 0.213. The maximum atomic E-state index is 14.2. The summed E-state index contributed by atoms with van der Waals surface area (Å²) in [5.41, 5.74) is -0.631. The van der Waals surface area contributed by atoms with Crippen molar-refractivity contribution in [1.82, 2.24) is 5.32 Å². The van der Waals surface area contributed by atoms with E-state index in [0.29, 0.717) is 29.2 Å². The Morgan fingerprint density at radius 1 is 1.15 bits per heavy atom. The number of carbonyl (C=O) groups is 2. The molecule has 8 heteroatoms. The summed E-state index contributed by atoms with van der Waals surface area (Å²) in [5, 5.41) is 13.2. The number of benzene rings is 2. The van der Waals surface area contributed by atoms with Crippen LogP contribution in [0.1, 0.15) is 46.1 Å². The molecular formula is C26H31ClFNO5. The molecule has 1 amide bonds. The van der Waals surface area contributed by atoms with Crippen molar-refractivity contribution < 1.29 is 28.6 Å². The summed E-state index contributed by atoms with van der Waals surface area (Å²) in [6, 6.07) is 11.6. The van der Waals surface area contributed by atoms with Gasteiger partial charge in [-0.3, -0.25) is 4.79 Å². The molecule has 0 saturated heterocycles. The van der Waals surface area contributed by atoms with Gasteiger partial charge in [0.2, 0.25) is 0 Å². The van der Waals surface area contributed by atoms with E-state index in [2.05, 4.69) is 5.32 Å². The van der Waals surface area contributed by atoms with Crippen molar-refractivity contribution >= 4 is 23.7 Å². The van der Waals surface area contributed by atoms with Gasteiger partial charge in [-0.1, -0.05) is 35.9 Å². The molecule has 1 aliphatic carbocycles. The second-order valence-electron chi connectivity index (χ2n) is 9.98. The van der Waals surface area contributed by atoms with Gasteiger partial charge in [0, 0.05) is 22.7 Å². The molecule has 0 bridgehead atoms. The molecule has 3 rings (SSSR count). The number of ether oxygens (including phenoxy) is 2. The fourth-order valence-corrected chi connectivity index (χ4v) is 4.72. The molecule has 0 spiro atoms. The summed E-state index contributed by atoms with van der Waals surface area (Å²) >= 11 is 6.02. The Morgan fingerprint density at radius 3 is 2.35 bits per heavy atom. The lowest BCUT2D eigenvalue weighted by atomic mass is 9.55. The fourth-order valence-electron chi connectivity index (χ4n) is 4.55. The molecule has 2 N–H and O–H groups in total. The minimum absolute atomic E-state index is 0.0730.